The van der Waals surface area contributed by atoms with Gasteiger partial charge in [0.1, 0.15) is 6.54 Å². The molecule has 9 heteroatoms. The van der Waals surface area contributed by atoms with Gasteiger partial charge in [-0.25, -0.2) is 4.79 Å². The highest BCUT2D eigenvalue weighted by Gasteiger charge is 2.21. The van der Waals surface area contributed by atoms with Gasteiger partial charge in [-0.3, -0.25) is 23.3 Å². The Morgan fingerprint density at radius 1 is 1.15 bits per heavy atom. The van der Waals surface area contributed by atoms with E-state index < -0.39 is 11.2 Å². The maximum Gasteiger partial charge on any atom is 0.332 e. The lowest BCUT2D eigenvalue weighted by Crippen LogP contribution is -2.38. The predicted molar refractivity (Wildman–Crippen MR) is 103 cm³/mol. The molecule has 0 fully saturated rings. The van der Waals surface area contributed by atoms with Crippen molar-refractivity contribution in [2.45, 2.75) is 20.0 Å². The van der Waals surface area contributed by atoms with Crippen LogP contribution >= 0.6 is 11.6 Å². The van der Waals surface area contributed by atoms with Gasteiger partial charge in [-0.1, -0.05) is 30.3 Å². The monoisotopic (exact) mass is 389 g/mol. The molecule has 0 aliphatic heterocycles. The van der Waals surface area contributed by atoms with Gasteiger partial charge in [-0.2, -0.15) is 4.98 Å². The number of aromatic nitrogens is 4. The number of rotatable bonds is 5. The first-order chi connectivity index (χ1) is 12.8. The average molecular weight is 390 g/mol. The van der Waals surface area contributed by atoms with Crippen LogP contribution in [-0.4, -0.2) is 36.0 Å². The van der Waals surface area contributed by atoms with Crippen molar-refractivity contribution < 1.29 is 4.79 Å². The molecule has 3 aromatic rings. The van der Waals surface area contributed by atoms with E-state index in [0.29, 0.717) is 13.1 Å². The Hall–Kier alpha value is -2.87. The van der Waals surface area contributed by atoms with Gasteiger partial charge in [0.05, 0.1) is 0 Å². The smallest absolute Gasteiger partial charge is 0.332 e. The number of amides is 1. The van der Waals surface area contributed by atoms with Crippen LogP contribution in [0.4, 0.5) is 0 Å². The molecule has 0 saturated heterocycles. The van der Waals surface area contributed by atoms with Crippen molar-refractivity contribution in [1.29, 1.82) is 0 Å². The Bertz CT molecular complexity index is 1110. The molecule has 0 N–H and O–H groups in total. The maximum atomic E-state index is 12.8. The first-order valence-electron chi connectivity index (χ1n) is 8.48. The number of carbonyl (C=O) groups excluding carboxylic acids is 1. The standard InChI is InChI=1S/C18H20ClN5O3/c1-4-23(10-12-8-6-5-7-9-12)13(25)11-24-14-15(20-17(24)19)21(2)18(27)22(3)16(14)26/h5-9H,4,10-11H2,1-3H3. The SMILES string of the molecule is CCN(Cc1ccccc1)C(=O)Cn1c(Cl)nc2c1c(=O)n(C)c(=O)n2C. The molecular weight excluding hydrogens is 370 g/mol. The van der Waals surface area contributed by atoms with Gasteiger partial charge in [-0.05, 0) is 24.1 Å². The normalized spacial score (nSPS) is 11.1. The number of aryl methyl sites for hydroxylation is 1. The molecule has 0 unspecified atom stereocenters. The van der Waals surface area contributed by atoms with Crippen LogP contribution in [-0.2, 0) is 32.0 Å². The molecule has 142 valence electrons. The third kappa shape index (κ3) is 3.40. The fourth-order valence-corrected chi connectivity index (χ4v) is 3.20. The fraction of sp³-hybridized carbons (Fsp3) is 0.333. The summed E-state index contributed by atoms with van der Waals surface area (Å²) in [5.74, 6) is -0.196. The first kappa shape index (κ1) is 18.9. The molecule has 0 radical (unpaired) electrons. The van der Waals surface area contributed by atoms with E-state index >= 15 is 0 Å². The van der Waals surface area contributed by atoms with Gasteiger partial charge >= 0.3 is 5.69 Å². The van der Waals surface area contributed by atoms with Crippen molar-refractivity contribution in [1.82, 2.24) is 23.6 Å². The lowest BCUT2D eigenvalue weighted by Gasteiger charge is -2.21. The van der Waals surface area contributed by atoms with Gasteiger partial charge in [-0.15, -0.1) is 0 Å². The zero-order valence-electron chi connectivity index (χ0n) is 15.3. The molecule has 27 heavy (non-hydrogen) atoms. The molecule has 0 bridgehead atoms. The number of halogens is 1. The van der Waals surface area contributed by atoms with Crippen LogP contribution < -0.4 is 11.2 Å². The maximum absolute atomic E-state index is 12.8. The van der Waals surface area contributed by atoms with Crippen molar-refractivity contribution in [3.63, 3.8) is 0 Å². The van der Waals surface area contributed by atoms with E-state index in [1.165, 1.54) is 23.2 Å². The van der Waals surface area contributed by atoms with Crippen LogP contribution in [0.25, 0.3) is 11.2 Å². The molecule has 0 aliphatic carbocycles. The van der Waals surface area contributed by atoms with Crippen LogP contribution in [0.3, 0.4) is 0 Å². The van der Waals surface area contributed by atoms with E-state index in [2.05, 4.69) is 4.98 Å². The third-order valence-electron chi connectivity index (χ3n) is 4.55. The molecule has 8 nitrogen and oxygen atoms in total. The second-order valence-electron chi connectivity index (χ2n) is 6.24. The van der Waals surface area contributed by atoms with E-state index in [9.17, 15) is 14.4 Å². The highest BCUT2D eigenvalue weighted by Crippen LogP contribution is 2.16. The van der Waals surface area contributed by atoms with Crippen LogP contribution in [0.15, 0.2) is 39.9 Å². The Balaban J connectivity index is 1.98. The summed E-state index contributed by atoms with van der Waals surface area (Å²) < 4.78 is 3.57. The Kier molecular flexibility index (Phi) is 5.18. The molecule has 0 aliphatic rings. The number of likely N-dealkylation sites (N-methyl/N-ethyl adjacent to an activating group) is 1. The Labute approximate surface area is 160 Å². The van der Waals surface area contributed by atoms with Gasteiger partial charge < -0.3 is 4.90 Å². The summed E-state index contributed by atoms with van der Waals surface area (Å²) in [5.41, 5.74) is 0.263. The Morgan fingerprint density at radius 3 is 2.44 bits per heavy atom. The van der Waals surface area contributed by atoms with Crippen LogP contribution in [0, 0.1) is 0 Å². The number of hydrogen-bond acceptors (Lipinski definition) is 4. The lowest BCUT2D eigenvalue weighted by atomic mass is 10.2. The van der Waals surface area contributed by atoms with Gasteiger partial charge in [0.2, 0.25) is 11.2 Å². The van der Waals surface area contributed by atoms with Crippen LogP contribution in [0.5, 0.6) is 0 Å². The van der Waals surface area contributed by atoms with Crippen molar-refractivity contribution >= 4 is 28.7 Å². The number of fused-ring (bicyclic) bond motifs is 1. The van der Waals surface area contributed by atoms with Gasteiger partial charge in [0.25, 0.3) is 5.56 Å². The molecule has 3 rings (SSSR count). The topological polar surface area (TPSA) is 82.1 Å². The minimum absolute atomic E-state index is 0.00702. The quantitative estimate of drug-likeness (QED) is 0.613. The molecular formula is C18H20ClN5O3. The summed E-state index contributed by atoms with van der Waals surface area (Å²) in [6.45, 7) is 2.71. The zero-order chi connectivity index (χ0) is 19.7. The van der Waals surface area contributed by atoms with E-state index in [0.717, 1.165) is 10.1 Å². The molecule has 1 amide bonds. The molecule has 0 spiro atoms. The largest absolute Gasteiger partial charge is 0.337 e. The highest BCUT2D eigenvalue weighted by atomic mass is 35.5. The summed E-state index contributed by atoms with van der Waals surface area (Å²) in [6.07, 6.45) is 0. The Morgan fingerprint density at radius 2 is 1.81 bits per heavy atom. The second kappa shape index (κ2) is 7.40. The highest BCUT2D eigenvalue weighted by molar-refractivity contribution is 6.29. The summed E-state index contributed by atoms with van der Waals surface area (Å²) in [6, 6.07) is 9.64. The van der Waals surface area contributed by atoms with Crippen molar-refractivity contribution in [3.8, 4) is 0 Å². The van der Waals surface area contributed by atoms with Crippen LogP contribution in [0.1, 0.15) is 12.5 Å². The summed E-state index contributed by atoms with van der Waals surface area (Å²) in [7, 11) is 2.89. The first-order valence-corrected chi connectivity index (χ1v) is 8.86. The second-order valence-corrected chi connectivity index (χ2v) is 6.58. The third-order valence-corrected chi connectivity index (χ3v) is 4.83. The fourth-order valence-electron chi connectivity index (χ4n) is 2.98. The average Bonchev–Trinajstić information content (AvgIpc) is 3.00. The number of nitrogens with zero attached hydrogens (tertiary/aromatic N) is 5. The molecule has 0 saturated carbocycles. The van der Waals surface area contributed by atoms with E-state index in [1.54, 1.807) is 4.90 Å². The minimum atomic E-state index is -0.536. The number of benzene rings is 1. The van der Waals surface area contributed by atoms with E-state index in [1.807, 2.05) is 37.3 Å². The molecule has 2 aromatic heterocycles. The van der Waals surface area contributed by atoms with E-state index in [-0.39, 0.29) is 28.9 Å². The van der Waals surface area contributed by atoms with E-state index in [4.69, 9.17) is 11.6 Å². The van der Waals surface area contributed by atoms with Gasteiger partial charge in [0, 0.05) is 27.2 Å². The minimum Gasteiger partial charge on any atom is -0.337 e. The molecule has 0 atom stereocenters. The lowest BCUT2D eigenvalue weighted by molar-refractivity contribution is -0.132. The number of hydrogen-bond donors (Lipinski definition) is 0. The number of carbonyl (C=O) groups is 1. The zero-order valence-corrected chi connectivity index (χ0v) is 16.1. The molecule has 2 heterocycles. The van der Waals surface area contributed by atoms with Gasteiger partial charge in [0.15, 0.2) is 11.2 Å². The molecule has 1 aromatic carbocycles. The van der Waals surface area contributed by atoms with Crippen LogP contribution in [0.2, 0.25) is 5.28 Å². The summed E-state index contributed by atoms with van der Waals surface area (Å²) in [4.78, 5) is 43.2. The van der Waals surface area contributed by atoms with Crippen molar-refractivity contribution in [3.05, 3.63) is 62.0 Å². The van der Waals surface area contributed by atoms with Crippen molar-refractivity contribution in [2.75, 3.05) is 6.54 Å². The summed E-state index contributed by atoms with van der Waals surface area (Å²) >= 11 is 6.19. The van der Waals surface area contributed by atoms with Crippen molar-refractivity contribution in [2.24, 2.45) is 14.1 Å². The number of imidazole rings is 1. The predicted octanol–water partition coefficient (Wildman–Crippen LogP) is 1.14. The summed E-state index contributed by atoms with van der Waals surface area (Å²) in [5, 5.41) is -0.00702.